The number of hydrogen-bond donors (Lipinski definition) is 0. The molecule has 2 heterocycles. The summed E-state index contributed by atoms with van der Waals surface area (Å²) in [6, 6.07) is 17.3. The molecule has 1 aromatic heterocycles. The van der Waals surface area contributed by atoms with Gasteiger partial charge in [0.05, 0.1) is 6.61 Å². The molecule has 0 unspecified atom stereocenters. The number of aryl methyl sites for hydroxylation is 2. The molecular formula is C25H27N2O+. The molecule has 0 spiro atoms. The highest BCUT2D eigenvalue weighted by Crippen LogP contribution is 2.34. The number of likely N-dealkylation sites (N-methyl/N-ethyl adjacent to an activating group) is 1. The predicted molar refractivity (Wildman–Crippen MR) is 118 cm³/mol. The van der Waals surface area contributed by atoms with Crippen molar-refractivity contribution in [2.24, 2.45) is 7.05 Å². The van der Waals surface area contributed by atoms with E-state index in [9.17, 15) is 0 Å². The van der Waals surface area contributed by atoms with Crippen molar-refractivity contribution in [3.05, 3.63) is 77.1 Å². The number of nitrogens with zero attached hydrogens (tertiary/aromatic N) is 2. The van der Waals surface area contributed by atoms with Gasteiger partial charge in [-0.15, -0.1) is 0 Å². The number of fused-ring (bicyclic) bond motifs is 2. The van der Waals surface area contributed by atoms with Gasteiger partial charge in [-0.25, -0.2) is 0 Å². The van der Waals surface area contributed by atoms with E-state index in [1.54, 1.807) is 0 Å². The fourth-order valence-corrected chi connectivity index (χ4v) is 3.89. The first-order valence-electron chi connectivity index (χ1n) is 9.94. The van der Waals surface area contributed by atoms with E-state index in [1.165, 1.54) is 39.1 Å². The van der Waals surface area contributed by atoms with Crippen molar-refractivity contribution < 1.29 is 9.30 Å². The number of hydrogen-bond acceptors (Lipinski definition) is 2. The number of allylic oxidation sites excluding steroid dienone is 1. The number of ether oxygens (including phenoxy) is 1. The highest BCUT2D eigenvalue weighted by atomic mass is 16.5. The van der Waals surface area contributed by atoms with Crippen LogP contribution in [0.2, 0.25) is 0 Å². The van der Waals surface area contributed by atoms with Crippen molar-refractivity contribution in [1.29, 1.82) is 0 Å². The molecular weight excluding hydrogens is 344 g/mol. The number of rotatable bonds is 4. The fraction of sp³-hybridized carbons (Fsp3) is 0.240. The first-order chi connectivity index (χ1) is 13.6. The van der Waals surface area contributed by atoms with E-state index in [2.05, 4.69) is 97.1 Å². The molecule has 0 bridgehead atoms. The lowest BCUT2D eigenvalue weighted by Crippen LogP contribution is -2.33. The Morgan fingerprint density at radius 2 is 1.86 bits per heavy atom. The lowest BCUT2D eigenvalue weighted by atomic mass is 10.0. The van der Waals surface area contributed by atoms with Crippen molar-refractivity contribution in [1.82, 2.24) is 0 Å². The minimum absolute atomic E-state index is 0.684. The molecule has 0 amide bonds. The molecule has 0 saturated heterocycles. The van der Waals surface area contributed by atoms with Crippen LogP contribution >= 0.6 is 0 Å². The molecule has 142 valence electrons. The van der Waals surface area contributed by atoms with E-state index in [0.717, 1.165) is 12.3 Å². The van der Waals surface area contributed by atoms with E-state index in [4.69, 9.17) is 4.74 Å². The molecule has 0 N–H and O–H groups in total. The Morgan fingerprint density at radius 3 is 2.64 bits per heavy atom. The third-order valence-corrected chi connectivity index (χ3v) is 5.32. The minimum Gasteiger partial charge on any atom is -0.494 e. The van der Waals surface area contributed by atoms with E-state index < -0.39 is 0 Å². The van der Waals surface area contributed by atoms with Gasteiger partial charge in [-0.3, -0.25) is 0 Å². The fourth-order valence-electron chi connectivity index (χ4n) is 3.89. The second kappa shape index (κ2) is 7.51. The highest BCUT2D eigenvalue weighted by Gasteiger charge is 2.19. The van der Waals surface area contributed by atoms with Crippen molar-refractivity contribution in [2.75, 3.05) is 18.1 Å². The van der Waals surface area contributed by atoms with Crippen LogP contribution in [-0.2, 0) is 7.05 Å². The molecule has 3 nitrogen and oxygen atoms in total. The number of pyridine rings is 1. The van der Waals surface area contributed by atoms with Crippen LogP contribution in [0.3, 0.4) is 0 Å². The zero-order chi connectivity index (χ0) is 19.7. The summed E-state index contributed by atoms with van der Waals surface area (Å²) >= 11 is 0. The topological polar surface area (TPSA) is 16.4 Å². The first kappa shape index (κ1) is 18.3. The summed E-state index contributed by atoms with van der Waals surface area (Å²) in [7, 11) is 2.13. The van der Waals surface area contributed by atoms with Gasteiger partial charge in [0.2, 0.25) is 11.2 Å². The molecule has 0 aliphatic carbocycles. The Bertz CT molecular complexity index is 1100. The van der Waals surface area contributed by atoms with Gasteiger partial charge < -0.3 is 9.64 Å². The van der Waals surface area contributed by atoms with Crippen molar-refractivity contribution >= 4 is 28.7 Å². The molecule has 0 fully saturated rings. The van der Waals surface area contributed by atoms with Gasteiger partial charge in [-0.2, -0.15) is 4.57 Å². The lowest BCUT2D eigenvalue weighted by Gasteiger charge is -2.29. The van der Waals surface area contributed by atoms with E-state index in [-0.39, 0.29) is 0 Å². The van der Waals surface area contributed by atoms with Gasteiger partial charge in [0.25, 0.3) is 0 Å². The van der Waals surface area contributed by atoms with Crippen LogP contribution in [0.1, 0.15) is 30.7 Å². The van der Waals surface area contributed by atoms with Gasteiger partial charge in [-0.05, 0) is 57.2 Å². The SMILES string of the molecule is CCOc1ccc2c(c1)C=CC(=Cc1ccc3cc(C)ccc3[n+]1C)N2CC. The molecule has 4 rings (SSSR count). The van der Waals surface area contributed by atoms with Gasteiger partial charge in [0, 0.05) is 47.1 Å². The normalized spacial score (nSPS) is 14.6. The number of anilines is 1. The maximum absolute atomic E-state index is 5.66. The van der Waals surface area contributed by atoms with Crippen molar-refractivity contribution in [3.8, 4) is 5.75 Å². The minimum atomic E-state index is 0.684. The Balaban J connectivity index is 1.76. The highest BCUT2D eigenvalue weighted by molar-refractivity contribution is 5.81. The average Bonchev–Trinajstić information content (AvgIpc) is 2.70. The lowest BCUT2D eigenvalue weighted by molar-refractivity contribution is -0.646. The summed E-state index contributed by atoms with van der Waals surface area (Å²) in [4.78, 5) is 2.35. The maximum Gasteiger partial charge on any atom is 0.212 e. The first-order valence-corrected chi connectivity index (χ1v) is 9.94. The second-order valence-electron chi connectivity index (χ2n) is 7.18. The summed E-state index contributed by atoms with van der Waals surface area (Å²) in [5.41, 5.74) is 7.32. The van der Waals surface area contributed by atoms with E-state index >= 15 is 0 Å². The molecule has 0 saturated carbocycles. The Hall–Kier alpha value is -3.07. The van der Waals surface area contributed by atoms with Crippen LogP contribution in [0, 0.1) is 6.92 Å². The molecule has 1 aliphatic heterocycles. The third-order valence-electron chi connectivity index (χ3n) is 5.32. The standard InChI is InChI=1S/C25H27N2O/c1-5-27-22(11-9-20-16-23(28-6-2)12-14-25(20)27)17-21-10-8-19-15-18(3)7-13-24(19)26(21)4/h7-17H,5-6H2,1-4H3/q+1. The molecule has 0 atom stereocenters. The van der Waals surface area contributed by atoms with Crippen molar-refractivity contribution in [3.63, 3.8) is 0 Å². The van der Waals surface area contributed by atoms with Crippen LogP contribution in [0.5, 0.6) is 5.75 Å². The van der Waals surface area contributed by atoms with E-state index in [0.29, 0.717) is 6.61 Å². The summed E-state index contributed by atoms with van der Waals surface area (Å²) in [6.07, 6.45) is 6.64. The Kier molecular flexibility index (Phi) is 4.91. The number of benzene rings is 2. The van der Waals surface area contributed by atoms with Crippen LogP contribution in [0.25, 0.3) is 23.1 Å². The summed E-state index contributed by atoms with van der Waals surface area (Å²) in [6.45, 7) is 7.93. The smallest absolute Gasteiger partial charge is 0.212 e. The van der Waals surface area contributed by atoms with E-state index in [1.807, 2.05) is 6.92 Å². The summed E-state index contributed by atoms with van der Waals surface area (Å²) < 4.78 is 7.92. The van der Waals surface area contributed by atoms with Gasteiger partial charge in [0.15, 0.2) is 0 Å². The van der Waals surface area contributed by atoms with Gasteiger partial charge in [-0.1, -0.05) is 17.7 Å². The third kappa shape index (κ3) is 3.29. The molecule has 1 aliphatic rings. The molecule has 3 aromatic rings. The largest absolute Gasteiger partial charge is 0.494 e. The monoisotopic (exact) mass is 371 g/mol. The van der Waals surface area contributed by atoms with Crippen LogP contribution in [0.15, 0.2) is 60.3 Å². The summed E-state index contributed by atoms with van der Waals surface area (Å²) in [5.74, 6) is 0.922. The zero-order valence-corrected chi connectivity index (χ0v) is 17.1. The Labute approximate surface area is 167 Å². The molecule has 2 aromatic carbocycles. The van der Waals surface area contributed by atoms with Gasteiger partial charge in [0.1, 0.15) is 12.8 Å². The number of aromatic nitrogens is 1. The predicted octanol–water partition coefficient (Wildman–Crippen LogP) is 5.27. The van der Waals surface area contributed by atoms with Gasteiger partial charge >= 0.3 is 0 Å². The molecule has 28 heavy (non-hydrogen) atoms. The average molecular weight is 372 g/mol. The zero-order valence-electron chi connectivity index (χ0n) is 17.1. The quantitative estimate of drug-likeness (QED) is 0.581. The van der Waals surface area contributed by atoms with Crippen LogP contribution in [-0.4, -0.2) is 13.2 Å². The van der Waals surface area contributed by atoms with Crippen molar-refractivity contribution in [2.45, 2.75) is 20.8 Å². The Morgan fingerprint density at radius 1 is 1.00 bits per heavy atom. The second-order valence-corrected chi connectivity index (χ2v) is 7.18. The molecule has 3 heteroatoms. The maximum atomic E-state index is 5.66. The van der Waals surface area contributed by atoms with Crippen LogP contribution in [0.4, 0.5) is 5.69 Å². The van der Waals surface area contributed by atoms with Crippen LogP contribution < -0.4 is 14.2 Å². The summed E-state index contributed by atoms with van der Waals surface area (Å²) in [5, 5.41) is 1.27. The molecule has 0 radical (unpaired) electrons.